The third-order valence-corrected chi connectivity index (χ3v) is 13.3. The van der Waals surface area contributed by atoms with E-state index in [0.717, 1.165) is 0 Å². The van der Waals surface area contributed by atoms with Crippen LogP contribution in [0.3, 0.4) is 0 Å². The van der Waals surface area contributed by atoms with Gasteiger partial charge in [-0.15, -0.1) is 0 Å². The first-order chi connectivity index (χ1) is 9.33. The first-order valence-electron chi connectivity index (χ1n) is 9.33. The van der Waals surface area contributed by atoms with Crippen LogP contribution in [0.25, 0.3) is 0 Å². The molecule has 0 aliphatic heterocycles. The van der Waals surface area contributed by atoms with Crippen molar-refractivity contribution in [3.63, 3.8) is 0 Å². The first-order valence-corrected chi connectivity index (χ1v) is 11.9. The summed E-state index contributed by atoms with van der Waals surface area (Å²) in [6.45, 7) is 4.81. The Morgan fingerprint density at radius 3 is 1.37 bits per heavy atom. The van der Waals surface area contributed by atoms with Gasteiger partial charge in [0.15, 0.2) is 0 Å². The van der Waals surface area contributed by atoms with E-state index >= 15 is 0 Å². The zero-order valence-electron chi connectivity index (χ0n) is 13.6. The Balaban J connectivity index is 2.13. The molecular formula is C18H37P. The summed E-state index contributed by atoms with van der Waals surface area (Å²) in [5.74, 6) is 0. The Kier molecular flexibility index (Phi) is 6.67. The fourth-order valence-electron chi connectivity index (χ4n) is 5.29. The molecule has 1 heteroatoms. The van der Waals surface area contributed by atoms with Crippen LogP contribution in [-0.2, 0) is 0 Å². The summed E-state index contributed by atoms with van der Waals surface area (Å²) >= 11 is 0. The van der Waals surface area contributed by atoms with Gasteiger partial charge in [0, 0.05) is 0 Å². The zero-order chi connectivity index (χ0) is 13.6. The van der Waals surface area contributed by atoms with E-state index in [4.69, 9.17) is 0 Å². The quantitative estimate of drug-likeness (QED) is 0.464. The first kappa shape index (κ1) is 15.8. The number of unbranched alkanes of at least 4 members (excludes halogenated alkanes) is 2. The van der Waals surface area contributed by atoms with Gasteiger partial charge in [-0.25, -0.2) is 0 Å². The maximum atomic E-state index is 2.41. The van der Waals surface area contributed by atoms with Crippen molar-refractivity contribution >= 4 is 7.26 Å². The summed E-state index contributed by atoms with van der Waals surface area (Å²) in [7, 11) is -0.971. The fraction of sp³-hybridized carbons (Fsp3) is 1.00. The Morgan fingerprint density at radius 1 is 0.684 bits per heavy atom. The predicted octanol–water partition coefficient (Wildman–Crippen LogP) is 6.22. The van der Waals surface area contributed by atoms with Gasteiger partial charge in [0.2, 0.25) is 0 Å². The molecule has 2 rings (SSSR count). The van der Waals surface area contributed by atoms with E-state index in [1.165, 1.54) is 24.2 Å². The Morgan fingerprint density at radius 2 is 1.05 bits per heavy atom. The summed E-state index contributed by atoms with van der Waals surface area (Å²) in [6.07, 6.45) is 22.1. The van der Waals surface area contributed by atoms with Crippen LogP contribution in [0.1, 0.15) is 90.9 Å². The fourth-order valence-corrected chi connectivity index (χ4v) is 13.0. The third kappa shape index (κ3) is 3.75. The van der Waals surface area contributed by atoms with Crippen molar-refractivity contribution in [2.45, 2.75) is 102 Å². The minimum absolute atomic E-state index is 0.971. The number of hydrogen-bond acceptors (Lipinski definition) is 0. The average Bonchev–Trinajstić information content (AvgIpc) is 3.12. The van der Waals surface area contributed by atoms with Crippen LogP contribution in [0.5, 0.6) is 0 Å². The van der Waals surface area contributed by atoms with Gasteiger partial charge in [0.05, 0.1) is 0 Å². The molecule has 0 aromatic carbocycles. The van der Waals surface area contributed by atoms with Crippen molar-refractivity contribution in [2.24, 2.45) is 0 Å². The molecule has 0 radical (unpaired) electrons. The molecule has 2 saturated carbocycles. The van der Waals surface area contributed by atoms with Gasteiger partial charge in [-0.2, -0.15) is 0 Å². The van der Waals surface area contributed by atoms with Crippen molar-refractivity contribution < 1.29 is 0 Å². The second kappa shape index (κ2) is 8.02. The number of rotatable bonds is 8. The van der Waals surface area contributed by atoms with Gasteiger partial charge in [-0.3, -0.25) is 0 Å². The molecule has 114 valence electrons. The summed E-state index contributed by atoms with van der Waals surface area (Å²) < 4.78 is 0. The standard InChI is InChI=1S/C18H37P/c1-3-5-15-19(16-6-4-2,17-11-7-8-12-17)18-13-9-10-14-18/h17-19H,3-16H2,1-2H3. The van der Waals surface area contributed by atoms with Crippen molar-refractivity contribution in [3.8, 4) is 0 Å². The third-order valence-electron chi connectivity index (χ3n) is 6.33. The van der Waals surface area contributed by atoms with E-state index in [0.29, 0.717) is 0 Å². The number of hydrogen-bond donors (Lipinski definition) is 0. The Bertz CT molecular complexity index is 210. The molecule has 0 atom stereocenters. The SMILES string of the molecule is CCCC[PH](CCCC)(C1CCCC1)C1CCCC1. The van der Waals surface area contributed by atoms with E-state index in [-0.39, 0.29) is 0 Å². The summed E-state index contributed by atoms with van der Waals surface area (Å²) in [4.78, 5) is 0. The topological polar surface area (TPSA) is 0 Å². The molecule has 0 spiro atoms. The molecule has 0 saturated heterocycles. The molecule has 19 heavy (non-hydrogen) atoms. The van der Waals surface area contributed by atoms with Gasteiger partial charge < -0.3 is 0 Å². The summed E-state index contributed by atoms with van der Waals surface area (Å²) in [6, 6.07) is 0. The van der Waals surface area contributed by atoms with Crippen LogP contribution in [-0.4, -0.2) is 23.6 Å². The monoisotopic (exact) mass is 284 g/mol. The van der Waals surface area contributed by atoms with Crippen LogP contribution >= 0.6 is 7.26 Å². The van der Waals surface area contributed by atoms with E-state index in [1.54, 1.807) is 76.5 Å². The normalized spacial score (nSPS) is 23.3. The molecule has 0 amide bonds. The second-order valence-electron chi connectivity index (χ2n) is 7.40. The van der Waals surface area contributed by atoms with E-state index in [1.807, 2.05) is 0 Å². The van der Waals surface area contributed by atoms with Gasteiger partial charge in [-0.1, -0.05) is 0 Å². The van der Waals surface area contributed by atoms with Crippen molar-refractivity contribution in [1.29, 1.82) is 0 Å². The van der Waals surface area contributed by atoms with Crippen LogP contribution < -0.4 is 0 Å². The van der Waals surface area contributed by atoms with E-state index < -0.39 is 7.26 Å². The van der Waals surface area contributed by atoms with Crippen molar-refractivity contribution in [1.82, 2.24) is 0 Å². The second-order valence-corrected chi connectivity index (χ2v) is 12.5. The molecular weight excluding hydrogens is 247 g/mol. The van der Waals surface area contributed by atoms with Gasteiger partial charge >= 0.3 is 122 Å². The molecule has 0 aromatic heterocycles. The summed E-state index contributed by atoms with van der Waals surface area (Å²) in [5, 5.41) is 0. The molecule has 0 aromatic rings. The van der Waals surface area contributed by atoms with E-state index in [2.05, 4.69) is 13.8 Å². The molecule has 0 heterocycles. The molecule has 0 N–H and O–H groups in total. The Labute approximate surface area is 122 Å². The van der Waals surface area contributed by atoms with Gasteiger partial charge in [-0.05, 0) is 0 Å². The molecule has 2 aliphatic carbocycles. The average molecular weight is 284 g/mol. The predicted molar refractivity (Wildman–Crippen MR) is 92.4 cm³/mol. The summed E-state index contributed by atoms with van der Waals surface area (Å²) in [5.41, 5.74) is 2.46. The van der Waals surface area contributed by atoms with Gasteiger partial charge in [0.1, 0.15) is 0 Å². The zero-order valence-corrected chi connectivity index (χ0v) is 14.6. The van der Waals surface area contributed by atoms with Crippen molar-refractivity contribution in [2.75, 3.05) is 12.3 Å². The molecule has 0 nitrogen and oxygen atoms in total. The Hall–Kier alpha value is 0.430. The van der Waals surface area contributed by atoms with E-state index in [9.17, 15) is 0 Å². The van der Waals surface area contributed by atoms with Gasteiger partial charge in [0.25, 0.3) is 0 Å². The maximum absolute atomic E-state index is 2.41. The van der Waals surface area contributed by atoms with Crippen molar-refractivity contribution in [3.05, 3.63) is 0 Å². The van der Waals surface area contributed by atoms with Crippen LogP contribution in [0, 0.1) is 0 Å². The molecule has 0 bridgehead atoms. The van der Waals surface area contributed by atoms with Crippen LogP contribution in [0.15, 0.2) is 0 Å². The molecule has 2 fully saturated rings. The van der Waals surface area contributed by atoms with Crippen LogP contribution in [0.2, 0.25) is 0 Å². The van der Waals surface area contributed by atoms with Crippen LogP contribution in [0.4, 0.5) is 0 Å². The molecule has 0 unspecified atom stereocenters. The molecule has 2 aliphatic rings. The minimum atomic E-state index is -0.971.